The van der Waals surface area contributed by atoms with E-state index in [1.165, 1.54) is 0 Å². The maximum absolute atomic E-state index is 12.8. The van der Waals surface area contributed by atoms with Gasteiger partial charge in [-0.05, 0) is 0 Å². The summed E-state index contributed by atoms with van der Waals surface area (Å²) in [6.07, 6.45) is 0. The standard InChI is InChI=1S/C8F14O2/c9-1(23)3(11,12)5(15,16)7(19,20)8(21,22)6(17,18)4(13,14)2(10)24. The Morgan fingerprint density at radius 3 is 0.708 bits per heavy atom. The molecule has 0 aliphatic rings. The SMILES string of the molecule is O=C(F)C(F)(F)C(F)(F)C(F)(F)C(F)(F)C(F)(F)C(F)(F)C(=O)F. The van der Waals surface area contributed by atoms with Crippen LogP contribution >= 0.6 is 0 Å². The number of alkyl halides is 12. The molecule has 142 valence electrons. The molecule has 0 amide bonds. The highest BCUT2D eigenvalue weighted by Crippen LogP contribution is 2.60. The zero-order chi connectivity index (χ0) is 20.2. The average Bonchev–Trinajstić information content (AvgIpc) is 2.36. The average molecular weight is 394 g/mol. The van der Waals surface area contributed by atoms with E-state index in [1.807, 2.05) is 0 Å². The van der Waals surface area contributed by atoms with Crippen LogP contribution in [0, 0.1) is 0 Å². The van der Waals surface area contributed by atoms with Crippen molar-refractivity contribution in [3.8, 4) is 0 Å². The molecule has 0 aliphatic heterocycles. The van der Waals surface area contributed by atoms with E-state index in [0.717, 1.165) is 0 Å². The van der Waals surface area contributed by atoms with Crippen molar-refractivity contribution in [1.82, 2.24) is 0 Å². The fourth-order valence-electron chi connectivity index (χ4n) is 1.04. The Hall–Kier alpha value is -1.64. The zero-order valence-electron chi connectivity index (χ0n) is 10.1. The van der Waals surface area contributed by atoms with Gasteiger partial charge in [0, 0.05) is 0 Å². The molecule has 0 heterocycles. The van der Waals surface area contributed by atoms with Crippen LogP contribution in [0.3, 0.4) is 0 Å². The molecule has 24 heavy (non-hydrogen) atoms. The summed E-state index contributed by atoms with van der Waals surface area (Å²) in [5.41, 5.74) is 0. The van der Waals surface area contributed by atoms with E-state index in [9.17, 15) is 71.1 Å². The van der Waals surface area contributed by atoms with E-state index < -0.39 is 47.6 Å². The fraction of sp³-hybridized carbons (Fsp3) is 0.750. The van der Waals surface area contributed by atoms with E-state index in [2.05, 4.69) is 0 Å². The van der Waals surface area contributed by atoms with Gasteiger partial charge in [-0.2, -0.15) is 61.5 Å². The third-order valence-electron chi connectivity index (χ3n) is 2.47. The second-order valence-corrected chi connectivity index (χ2v) is 3.99. The Labute approximate surface area is 120 Å². The number of rotatable bonds is 7. The summed E-state index contributed by atoms with van der Waals surface area (Å²) < 4.78 is 174. The molecular formula is C8F14O2. The summed E-state index contributed by atoms with van der Waals surface area (Å²) in [6.45, 7) is 0. The third-order valence-corrected chi connectivity index (χ3v) is 2.47. The lowest BCUT2D eigenvalue weighted by Crippen LogP contribution is -2.72. The van der Waals surface area contributed by atoms with Gasteiger partial charge >= 0.3 is 47.6 Å². The Balaban J connectivity index is 6.48. The van der Waals surface area contributed by atoms with Crippen molar-refractivity contribution in [2.45, 2.75) is 35.5 Å². The molecule has 0 bridgehead atoms. The number of halogens is 14. The van der Waals surface area contributed by atoms with Gasteiger partial charge in [-0.1, -0.05) is 0 Å². The van der Waals surface area contributed by atoms with Crippen molar-refractivity contribution in [2.24, 2.45) is 0 Å². The maximum atomic E-state index is 12.8. The summed E-state index contributed by atoms with van der Waals surface area (Å²) >= 11 is 0. The lowest BCUT2D eigenvalue weighted by atomic mass is 9.91. The number of hydrogen-bond acceptors (Lipinski definition) is 2. The second-order valence-electron chi connectivity index (χ2n) is 3.99. The Kier molecular flexibility index (Phi) is 5.06. The summed E-state index contributed by atoms with van der Waals surface area (Å²) in [6, 6.07) is -9.39. The van der Waals surface area contributed by atoms with Crippen molar-refractivity contribution in [3.05, 3.63) is 0 Å². The molecule has 16 heteroatoms. The topological polar surface area (TPSA) is 34.1 Å². The molecule has 0 atom stereocenters. The smallest absolute Gasteiger partial charge is 0.254 e. The van der Waals surface area contributed by atoms with Crippen LogP contribution in [0.5, 0.6) is 0 Å². The van der Waals surface area contributed by atoms with E-state index >= 15 is 0 Å². The molecule has 0 fully saturated rings. The zero-order valence-corrected chi connectivity index (χ0v) is 10.1. The van der Waals surface area contributed by atoms with E-state index in [-0.39, 0.29) is 0 Å². The minimum atomic E-state index is -8.24. The van der Waals surface area contributed by atoms with Crippen molar-refractivity contribution < 1.29 is 71.1 Å². The number of hydrogen-bond donors (Lipinski definition) is 0. The molecule has 0 radical (unpaired) electrons. The van der Waals surface area contributed by atoms with Crippen LogP contribution < -0.4 is 0 Å². The van der Waals surface area contributed by atoms with Gasteiger partial charge in [-0.15, -0.1) is 0 Å². The monoisotopic (exact) mass is 394 g/mol. The molecule has 0 unspecified atom stereocenters. The fourth-order valence-corrected chi connectivity index (χ4v) is 1.04. The highest BCUT2D eigenvalue weighted by Gasteiger charge is 2.92. The Morgan fingerprint density at radius 1 is 0.417 bits per heavy atom. The van der Waals surface area contributed by atoms with Crippen molar-refractivity contribution in [2.75, 3.05) is 0 Å². The third kappa shape index (κ3) is 2.49. The Morgan fingerprint density at radius 2 is 0.583 bits per heavy atom. The highest BCUT2D eigenvalue weighted by molar-refractivity contribution is 5.79. The molecule has 0 rings (SSSR count). The largest absolute Gasteiger partial charge is 0.404 e. The summed E-state index contributed by atoms with van der Waals surface area (Å²) in [7, 11) is 0. The maximum Gasteiger partial charge on any atom is 0.404 e. The van der Waals surface area contributed by atoms with Gasteiger partial charge in [0.25, 0.3) is 0 Å². The number of carbonyl (C=O) groups excluding carboxylic acids is 2. The first kappa shape index (κ1) is 22.4. The summed E-state index contributed by atoms with van der Waals surface area (Å²) in [4.78, 5) is 19.0. The van der Waals surface area contributed by atoms with Gasteiger partial charge in [-0.25, -0.2) is 0 Å². The molecule has 0 aromatic rings. The van der Waals surface area contributed by atoms with E-state index in [1.54, 1.807) is 0 Å². The predicted octanol–water partition coefficient (Wildman–Crippen LogP) is 3.79. The van der Waals surface area contributed by atoms with Gasteiger partial charge < -0.3 is 0 Å². The van der Waals surface area contributed by atoms with Gasteiger partial charge in [0.1, 0.15) is 0 Å². The van der Waals surface area contributed by atoms with Crippen molar-refractivity contribution in [3.63, 3.8) is 0 Å². The molecule has 0 aromatic carbocycles. The summed E-state index contributed by atoms with van der Waals surface area (Å²) in [5.74, 6) is -47.2. The Bertz CT molecular complexity index is 487. The van der Waals surface area contributed by atoms with Crippen LogP contribution in [-0.2, 0) is 9.59 Å². The van der Waals surface area contributed by atoms with E-state index in [4.69, 9.17) is 0 Å². The van der Waals surface area contributed by atoms with Gasteiger partial charge in [-0.3, -0.25) is 9.59 Å². The van der Waals surface area contributed by atoms with Crippen LogP contribution in [0.15, 0.2) is 0 Å². The van der Waals surface area contributed by atoms with Crippen LogP contribution in [0.1, 0.15) is 0 Å². The first-order valence-electron chi connectivity index (χ1n) is 4.80. The van der Waals surface area contributed by atoms with Crippen LogP contribution in [-0.4, -0.2) is 47.6 Å². The minimum Gasteiger partial charge on any atom is -0.254 e. The van der Waals surface area contributed by atoms with Crippen molar-refractivity contribution in [1.29, 1.82) is 0 Å². The first-order chi connectivity index (χ1) is 10.1. The molecule has 0 aromatic heterocycles. The molecule has 0 saturated heterocycles. The highest BCUT2D eigenvalue weighted by atomic mass is 19.4. The van der Waals surface area contributed by atoms with Gasteiger partial charge in [0.05, 0.1) is 0 Å². The van der Waals surface area contributed by atoms with Crippen LogP contribution in [0.4, 0.5) is 61.5 Å². The van der Waals surface area contributed by atoms with Crippen LogP contribution in [0.25, 0.3) is 0 Å². The molecule has 0 N–H and O–H groups in total. The summed E-state index contributed by atoms with van der Waals surface area (Å²) in [5, 5.41) is 0. The molecule has 0 saturated carbocycles. The normalized spacial score (nSPS) is 15.4. The first-order valence-corrected chi connectivity index (χ1v) is 4.80. The second kappa shape index (κ2) is 5.44. The van der Waals surface area contributed by atoms with E-state index in [0.29, 0.717) is 0 Å². The lowest BCUT2D eigenvalue weighted by molar-refractivity contribution is -0.416. The lowest BCUT2D eigenvalue weighted by Gasteiger charge is -2.39. The molecule has 0 spiro atoms. The minimum absolute atomic E-state index is 4.69. The molecule has 0 aliphatic carbocycles. The molecule has 2 nitrogen and oxygen atoms in total. The quantitative estimate of drug-likeness (QED) is 0.487. The number of carbonyl (C=O) groups is 2. The predicted molar refractivity (Wildman–Crippen MR) is 41.9 cm³/mol. The van der Waals surface area contributed by atoms with Gasteiger partial charge in [0.2, 0.25) is 0 Å². The molecular weight excluding hydrogens is 394 g/mol. The van der Waals surface area contributed by atoms with Crippen molar-refractivity contribution >= 4 is 12.1 Å². The van der Waals surface area contributed by atoms with Crippen LogP contribution in [0.2, 0.25) is 0 Å². The van der Waals surface area contributed by atoms with Gasteiger partial charge in [0.15, 0.2) is 0 Å².